The van der Waals surface area contributed by atoms with Crippen LogP contribution >= 0.6 is 0 Å². The Hall–Kier alpha value is -2.08. The third-order valence-corrected chi connectivity index (χ3v) is 4.96. The molecule has 1 atom stereocenters. The Balaban J connectivity index is 1.81. The fourth-order valence-electron chi connectivity index (χ4n) is 3.71. The number of aryl methyl sites for hydroxylation is 1. The molecule has 2 heterocycles. The topological polar surface area (TPSA) is 70.7 Å². The van der Waals surface area contributed by atoms with E-state index in [0.717, 1.165) is 37.1 Å². The molecular weight excluding hydrogens is 306 g/mol. The SMILES string of the molecule is COC(=O)CCc1ccccc1C1CNC(=O)N1C1CCNCC1. The molecule has 6 nitrogen and oxygen atoms in total. The lowest BCUT2D eigenvalue weighted by atomic mass is 9.94. The number of nitrogens with one attached hydrogen (secondary N) is 2. The Morgan fingerprint density at radius 3 is 2.79 bits per heavy atom. The van der Waals surface area contributed by atoms with E-state index in [1.54, 1.807) is 0 Å². The Labute approximate surface area is 142 Å². The minimum absolute atomic E-state index is 0.0228. The summed E-state index contributed by atoms with van der Waals surface area (Å²) >= 11 is 0. The van der Waals surface area contributed by atoms with E-state index < -0.39 is 0 Å². The van der Waals surface area contributed by atoms with Crippen molar-refractivity contribution >= 4 is 12.0 Å². The van der Waals surface area contributed by atoms with Gasteiger partial charge < -0.3 is 20.3 Å². The van der Waals surface area contributed by atoms with Gasteiger partial charge in [-0.2, -0.15) is 0 Å². The summed E-state index contributed by atoms with van der Waals surface area (Å²) in [6.07, 6.45) is 2.95. The molecule has 0 saturated carbocycles. The molecule has 1 aromatic rings. The number of methoxy groups -OCH3 is 1. The Morgan fingerprint density at radius 1 is 1.29 bits per heavy atom. The average molecular weight is 331 g/mol. The van der Waals surface area contributed by atoms with Gasteiger partial charge in [0.25, 0.3) is 0 Å². The number of urea groups is 1. The van der Waals surface area contributed by atoms with Crippen molar-refractivity contribution in [1.29, 1.82) is 0 Å². The standard InChI is InChI=1S/C18H25N3O3/c1-24-17(22)7-6-13-4-2-3-5-15(13)16-12-20-18(23)21(16)14-8-10-19-11-9-14/h2-5,14,16,19H,6-12H2,1H3,(H,20,23). The highest BCUT2D eigenvalue weighted by atomic mass is 16.5. The number of rotatable bonds is 5. The zero-order chi connectivity index (χ0) is 16.9. The van der Waals surface area contributed by atoms with Crippen LogP contribution in [0.3, 0.4) is 0 Å². The third kappa shape index (κ3) is 3.53. The number of hydrogen-bond donors (Lipinski definition) is 2. The van der Waals surface area contributed by atoms with E-state index >= 15 is 0 Å². The summed E-state index contributed by atoms with van der Waals surface area (Å²) in [5.74, 6) is -0.208. The van der Waals surface area contributed by atoms with Gasteiger partial charge in [-0.1, -0.05) is 24.3 Å². The number of esters is 1. The molecule has 24 heavy (non-hydrogen) atoms. The molecule has 2 N–H and O–H groups in total. The van der Waals surface area contributed by atoms with Crippen LogP contribution in [-0.4, -0.2) is 49.7 Å². The van der Waals surface area contributed by atoms with Gasteiger partial charge in [-0.3, -0.25) is 4.79 Å². The molecule has 0 spiro atoms. The number of carbonyl (C=O) groups is 2. The van der Waals surface area contributed by atoms with Crippen LogP contribution in [0.1, 0.15) is 36.4 Å². The Kier molecular flexibility index (Phi) is 5.35. The van der Waals surface area contributed by atoms with E-state index in [4.69, 9.17) is 4.74 Å². The van der Waals surface area contributed by atoms with Crippen molar-refractivity contribution in [3.05, 3.63) is 35.4 Å². The lowest BCUT2D eigenvalue weighted by Gasteiger charge is -2.35. The molecule has 2 saturated heterocycles. The number of hydrogen-bond acceptors (Lipinski definition) is 4. The van der Waals surface area contributed by atoms with Crippen LogP contribution in [0, 0.1) is 0 Å². The van der Waals surface area contributed by atoms with Gasteiger partial charge in [-0.15, -0.1) is 0 Å². The van der Waals surface area contributed by atoms with Crippen LogP contribution in [0.4, 0.5) is 4.79 Å². The van der Waals surface area contributed by atoms with Crippen LogP contribution in [0.2, 0.25) is 0 Å². The minimum Gasteiger partial charge on any atom is -0.469 e. The van der Waals surface area contributed by atoms with Crippen molar-refractivity contribution in [2.75, 3.05) is 26.7 Å². The first-order valence-corrected chi connectivity index (χ1v) is 8.62. The average Bonchev–Trinajstić information content (AvgIpc) is 3.02. The number of benzene rings is 1. The monoisotopic (exact) mass is 331 g/mol. The summed E-state index contributed by atoms with van der Waals surface area (Å²) in [6.45, 7) is 2.52. The highest BCUT2D eigenvalue weighted by Crippen LogP contribution is 2.32. The van der Waals surface area contributed by atoms with Crippen LogP contribution < -0.4 is 10.6 Å². The molecule has 1 unspecified atom stereocenters. The molecule has 2 aliphatic heterocycles. The van der Waals surface area contributed by atoms with Crippen molar-refractivity contribution in [3.63, 3.8) is 0 Å². The number of ether oxygens (including phenoxy) is 1. The first-order valence-electron chi connectivity index (χ1n) is 8.62. The van der Waals surface area contributed by atoms with Gasteiger partial charge in [-0.25, -0.2) is 4.79 Å². The highest BCUT2D eigenvalue weighted by Gasteiger charge is 2.38. The summed E-state index contributed by atoms with van der Waals surface area (Å²) in [6, 6.07) is 8.43. The molecule has 2 aliphatic rings. The van der Waals surface area contributed by atoms with Crippen LogP contribution in [0.15, 0.2) is 24.3 Å². The van der Waals surface area contributed by atoms with Gasteiger partial charge in [0.15, 0.2) is 0 Å². The largest absolute Gasteiger partial charge is 0.469 e. The Bertz CT molecular complexity index is 599. The summed E-state index contributed by atoms with van der Waals surface area (Å²) in [7, 11) is 1.41. The highest BCUT2D eigenvalue weighted by molar-refractivity contribution is 5.78. The van der Waals surface area contributed by atoms with Crippen LogP contribution in [0.25, 0.3) is 0 Å². The zero-order valence-corrected chi connectivity index (χ0v) is 14.1. The first kappa shape index (κ1) is 16.8. The second-order valence-corrected chi connectivity index (χ2v) is 6.37. The van der Waals surface area contributed by atoms with Crippen molar-refractivity contribution < 1.29 is 14.3 Å². The second-order valence-electron chi connectivity index (χ2n) is 6.37. The number of amides is 2. The Morgan fingerprint density at radius 2 is 2.04 bits per heavy atom. The fraction of sp³-hybridized carbons (Fsp3) is 0.556. The molecule has 6 heteroatoms. The maximum atomic E-state index is 12.4. The molecule has 0 bridgehead atoms. The number of piperidine rings is 1. The number of nitrogens with zero attached hydrogens (tertiary/aromatic N) is 1. The maximum Gasteiger partial charge on any atom is 0.318 e. The van der Waals surface area contributed by atoms with Crippen molar-refractivity contribution in [2.24, 2.45) is 0 Å². The second kappa shape index (κ2) is 7.66. The summed E-state index contributed by atoms with van der Waals surface area (Å²) < 4.78 is 4.75. The van der Waals surface area contributed by atoms with E-state index in [9.17, 15) is 9.59 Å². The summed E-state index contributed by atoms with van der Waals surface area (Å²) in [4.78, 5) is 25.9. The van der Waals surface area contributed by atoms with E-state index in [1.807, 2.05) is 23.1 Å². The molecule has 0 aliphatic carbocycles. The molecule has 0 aromatic heterocycles. The molecule has 1 aromatic carbocycles. The van der Waals surface area contributed by atoms with Crippen molar-refractivity contribution in [1.82, 2.24) is 15.5 Å². The van der Waals surface area contributed by atoms with E-state index in [-0.39, 0.29) is 24.1 Å². The van der Waals surface area contributed by atoms with Crippen molar-refractivity contribution in [2.45, 2.75) is 37.8 Å². The summed E-state index contributed by atoms with van der Waals surface area (Å²) in [5.41, 5.74) is 2.25. The molecule has 3 rings (SSSR count). The molecule has 2 fully saturated rings. The van der Waals surface area contributed by atoms with Gasteiger partial charge in [-0.05, 0) is 43.5 Å². The molecule has 0 radical (unpaired) electrons. The van der Waals surface area contributed by atoms with E-state index in [1.165, 1.54) is 7.11 Å². The summed E-state index contributed by atoms with van der Waals surface area (Å²) in [5, 5.41) is 6.34. The van der Waals surface area contributed by atoms with Gasteiger partial charge >= 0.3 is 12.0 Å². The fourth-order valence-corrected chi connectivity index (χ4v) is 3.71. The maximum absolute atomic E-state index is 12.4. The lowest BCUT2D eigenvalue weighted by molar-refractivity contribution is -0.140. The first-order chi connectivity index (χ1) is 11.7. The molecule has 2 amide bonds. The number of carbonyl (C=O) groups excluding carboxylic acids is 2. The smallest absolute Gasteiger partial charge is 0.318 e. The quantitative estimate of drug-likeness (QED) is 0.804. The normalized spacial score (nSPS) is 21.6. The van der Waals surface area contributed by atoms with E-state index in [2.05, 4.69) is 16.7 Å². The van der Waals surface area contributed by atoms with Gasteiger partial charge in [0, 0.05) is 19.0 Å². The van der Waals surface area contributed by atoms with Crippen molar-refractivity contribution in [3.8, 4) is 0 Å². The molecular formula is C18H25N3O3. The van der Waals surface area contributed by atoms with E-state index in [0.29, 0.717) is 19.4 Å². The lowest BCUT2D eigenvalue weighted by Crippen LogP contribution is -2.45. The predicted molar refractivity (Wildman–Crippen MR) is 90.6 cm³/mol. The van der Waals surface area contributed by atoms with Gasteiger partial charge in [0.1, 0.15) is 0 Å². The predicted octanol–water partition coefficient (Wildman–Crippen LogP) is 1.61. The molecule has 130 valence electrons. The van der Waals surface area contributed by atoms with Gasteiger partial charge in [0.2, 0.25) is 0 Å². The zero-order valence-electron chi connectivity index (χ0n) is 14.1. The van der Waals surface area contributed by atoms with Gasteiger partial charge in [0.05, 0.1) is 13.2 Å². The van der Waals surface area contributed by atoms with Crippen LogP contribution in [-0.2, 0) is 16.0 Å². The third-order valence-electron chi connectivity index (χ3n) is 4.96. The minimum atomic E-state index is -0.208. The van der Waals surface area contributed by atoms with Crippen LogP contribution in [0.5, 0.6) is 0 Å².